The van der Waals surface area contributed by atoms with Crippen molar-refractivity contribution in [2.75, 3.05) is 45.2 Å². The molecule has 1 aliphatic rings. The van der Waals surface area contributed by atoms with Crippen LogP contribution >= 0.6 is 0 Å². The maximum Gasteiger partial charge on any atom is 0.238 e. The number of benzene rings is 1. The Morgan fingerprint density at radius 2 is 2.38 bits per heavy atom. The van der Waals surface area contributed by atoms with E-state index in [1.54, 1.807) is 19.1 Å². The Balaban J connectivity index is 1.78. The van der Waals surface area contributed by atoms with E-state index in [0.29, 0.717) is 24.4 Å². The molecule has 116 valence electrons. The van der Waals surface area contributed by atoms with Crippen molar-refractivity contribution in [2.45, 2.75) is 13.0 Å². The Bertz CT molecular complexity index is 490. The zero-order chi connectivity index (χ0) is 15.2. The molecule has 0 saturated carbocycles. The van der Waals surface area contributed by atoms with Crippen LogP contribution in [0, 0.1) is 12.7 Å². The minimum absolute atomic E-state index is 0.105. The highest BCUT2D eigenvalue weighted by Gasteiger charge is 2.17. The summed E-state index contributed by atoms with van der Waals surface area (Å²) < 4.78 is 19.0. The van der Waals surface area contributed by atoms with Crippen LogP contribution in [-0.4, -0.2) is 56.7 Å². The number of halogens is 1. The molecule has 6 heteroatoms. The third kappa shape index (κ3) is 5.08. The van der Waals surface area contributed by atoms with Gasteiger partial charge in [-0.2, -0.15) is 0 Å². The molecule has 1 aliphatic heterocycles. The van der Waals surface area contributed by atoms with Gasteiger partial charge in [0.25, 0.3) is 0 Å². The van der Waals surface area contributed by atoms with Crippen LogP contribution in [0.3, 0.4) is 0 Å². The molecule has 1 fully saturated rings. The van der Waals surface area contributed by atoms with E-state index in [0.717, 1.165) is 13.1 Å². The Kier molecular flexibility index (Phi) is 5.67. The molecule has 2 N–H and O–H groups in total. The molecule has 0 aliphatic carbocycles. The predicted molar refractivity (Wildman–Crippen MR) is 79.9 cm³/mol. The minimum atomic E-state index is -0.317. The van der Waals surface area contributed by atoms with Gasteiger partial charge >= 0.3 is 0 Å². The first-order valence-electron chi connectivity index (χ1n) is 7.11. The number of nitrogens with one attached hydrogen (secondary N) is 2. The van der Waals surface area contributed by atoms with Crippen LogP contribution in [0.5, 0.6) is 0 Å². The molecule has 0 spiro atoms. The van der Waals surface area contributed by atoms with E-state index < -0.39 is 0 Å². The molecule has 0 radical (unpaired) electrons. The summed E-state index contributed by atoms with van der Waals surface area (Å²) in [5, 5.41) is 5.95. The number of hydrogen-bond donors (Lipinski definition) is 2. The lowest BCUT2D eigenvalue weighted by atomic mass is 10.2. The second-order valence-corrected chi connectivity index (χ2v) is 5.41. The van der Waals surface area contributed by atoms with Gasteiger partial charge in [0.2, 0.25) is 5.91 Å². The summed E-state index contributed by atoms with van der Waals surface area (Å²) in [4.78, 5) is 13.8. The first kappa shape index (κ1) is 15.9. The van der Waals surface area contributed by atoms with E-state index in [-0.39, 0.29) is 24.4 Å². The molecule has 5 nitrogen and oxygen atoms in total. The van der Waals surface area contributed by atoms with Crippen LogP contribution < -0.4 is 10.6 Å². The number of aryl methyl sites for hydroxylation is 1. The zero-order valence-electron chi connectivity index (χ0n) is 12.5. The van der Waals surface area contributed by atoms with Crippen molar-refractivity contribution in [1.82, 2.24) is 10.2 Å². The fraction of sp³-hybridized carbons (Fsp3) is 0.533. The van der Waals surface area contributed by atoms with Crippen molar-refractivity contribution < 1.29 is 13.9 Å². The maximum atomic E-state index is 13.4. The largest absolute Gasteiger partial charge is 0.374 e. The average Bonchev–Trinajstić information content (AvgIpc) is 2.43. The summed E-state index contributed by atoms with van der Waals surface area (Å²) in [5.74, 6) is -0.479. The summed E-state index contributed by atoms with van der Waals surface area (Å²) in [6.07, 6.45) is 0.105. The number of carbonyl (C=O) groups excluding carboxylic acids is 1. The standard InChI is InChI=1S/C15H22FN3O2/c1-11-3-4-12(7-14(11)16)18-15(20)10-19(2)9-13-8-17-5-6-21-13/h3-4,7,13,17H,5-6,8-10H2,1-2H3,(H,18,20). The van der Waals surface area contributed by atoms with E-state index in [1.165, 1.54) is 6.07 Å². The molecule has 0 aromatic heterocycles. The summed E-state index contributed by atoms with van der Waals surface area (Å²) >= 11 is 0. The van der Waals surface area contributed by atoms with Gasteiger partial charge in [-0.15, -0.1) is 0 Å². The van der Waals surface area contributed by atoms with Crippen molar-refractivity contribution in [1.29, 1.82) is 0 Å². The lowest BCUT2D eigenvalue weighted by Gasteiger charge is -2.27. The molecule has 1 unspecified atom stereocenters. The molecule has 1 saturated heterocycles. The van der Waals surface area contributed by atoms with E-state index >= 15 is 0 Å². The van der Waals surface area contributed by atoms with Crippen molar-refractivity contribution in [2.24, 2.45) is 0 Å². The molecular formula is C15H22FN3O2. The SMILES string of the molecule is Cc1ccc(NC(=O)CN(C)CC2CNCCO2)cc1F. The Hall–Kier alpha value is -1.50. The lowest BCUT2D eigenvalue weighted by Crippen LogP contribution is -2.45. The number of rotatable bonds is 5. The van der Waals surface area contributed by atoms with Gasteiger partial charge in [0.1, 0.15) is 5.82 Å². The number of anilines is 1. The Labute approximate surface area is 124 Å². The topological polar surface area (TPSA) is 53.6 Å². The normalized spacial score (nSPS) is 18.8. The van der Waals surface area contributed by atoms with E-state index in [2.05, 4.69) is 10.6 Å². The number of amides is 1. The average molecular weight is 295 g/mol. The van der Waals surface area contributed by atoms with Gasteiger partial charge in [-0.3, -0.25) is 9.69 Å². The summed E-state index contributed by atoms with van der Waals surface area (Å²) in [6.45, 7) is 4.99. The summed E-state index contributed by atoms with van der Waals surface area (Å²) in [6, 6.07) is 4.68. The summed E-state index contributed by atoms with van der Waals surface area (Å²) in [5.41, 5.74) is 1.04. The monoisotopic (exact) mass is 295 g/mol. The van der Waals surface area contributed by atoms with Crippen molar-refractivity contribution in [3.05, 3.63) is 29.6 Å². The highest BCUT2D eigenvalue weighted by atomic mass is 19.1. The van der Waals surface area contributed by atoms with Crippen molar-refractivity contribution >= 4 is 11.6 Å². The zero-order valence-corrected chi connectivity index (χ0v) is 12.5. The number of carbonyl (C=O) groups is 1. The molecule has 0 bridgehead atoms. The molecule has 1 aromatic carbocycles. The fourth-order valence-corrected chi connectivity index (χ4v) is 2.27. The first-order valence-corrected chi connectivity index (χ1v) is 7.11. The van der Waals surface area contributed by atoms with Gasteiger partial charge < -0.3 is 15.4 Å². The molecular weight excluding hydrogens is 273 g/mol. The third-order valence-corrected chi connectivity index (χ3v) is 3.39. The summed E-state index contributed by atoms with van der Waals surface area (Å²) in [7, 11) is 1.87. The second kappa shape index (κ2) is 7.49. The van der Waals surface area contributed by atoms with E-state index in [4.69, 9.17) is 4.74 Å². The predicted octanol–water partition coefficient (Wildman–Crippen LogP) is 0.993. The quantitative estimate of drug-likeness (QED) is 0.851. The number of hydrogen-bond acceptors (Lipinski definition) is 4. The van der Waals surface area contributed by atoms with Crippen LogP contribution in [0.25, 0.3) is 0 Å². The van der Waals surface area contributed by atoms with Gasteiger partial charge in [-0.1, -0.05) is 6.07 Å². The number of morpholine rings is 1. The molecule has 1 heterocycles. The first-order chi connectivity index (χ1) is 10.0. The Morgan fingerprint density at radius 1 is 1.57 bits per heavy atom. The van der Waals surface area contributed by atoms with E-state index in [9.17, 15) is 9.18 Å². The van der Waals surface area contributed by atoms with Crippen molar-refractivity contribution in [3.8, 4) is 0 Å². The molecule has 21 heavy (non-hydrogen) atoms. The molecule has 1 aromatic rings. The number of nitrogens with zero attached hydrogens (tertiary/aromatic N) is 1. The molecule has 1 atom stereocenters. The van der Waals surface area contributed by atoms with Gasteiger partial charge in [-0.25, -0.2) is 4.39 Å². The van der Waals surface area contributed by atoms with Gasteiger partial charge in [0.15, 0.2) is 0 Å². The lowest BCUT2D eigenvalue weighted by molar-refractivity contribution is -0.117. The van der Waals surface area contributed by atoms with Crippen LogP contribution in [-0.2, 0) is 9.53 Å². The number of ether oxygens (including phenoxy) is 1. The molecule has 1 amide bonds. The van der Waals surface area contributed by atoms with E-state index in [1.807, 2.05) is 11.9 Å². The fourth-order valence-electron chi connectivity index (χ4n) is 2.27. The van der Waals surface area contributed by atoms with Crippen LogP contribution in [0.1, 0.15) is 5.56 Å². The van der Waals surface area contributed by atoms with Gasteiger partial charge in [0.05, 0.1) is 19.3 Å². The minimum Gasteiger partial charge on any atom is -0.374 e. The highest BCUT2D eigenvalue weighted by molar-refractivity contribution is 5.92. The highest BCUT2D eigenvalue weighted by Crippen LogP contribution is 2.13. The smallest absolute Gasteiger partial charge is 0.238 e. The second-order valence-electron chi connectivity index (χ2n) is 5.41. The van der Waals surface area contributed by atoms with Gasteiger partial charge in [-0.05, 0) is 31.7 Å². The van der Waals surface area contributed by atoms with Crippen LogP contribution in [0.4, 0.5) is 10.1 Å². The Morgan fingerprint density at radius 3 is 3.05 bits per heavy atom. The molecule has 2 rings (SSSR count). The van der Waals surface area contributed by atoms with Crippen LogP contribution in [0.2, 0.25) is 0 Å². The van der Waals surface area contributed by atoms with Gasteiger partial charge in [0, 0.05) is 25.3 Å². The van der Waals surface area contributed by atoms with Crippen LogP contribution in [0.15, 0.2) is 18.2 Å². The maximum absolute atomic E-state index is 13.4. The van der Waals surface area contributed by atoms with Crippen molar-refractivity contribution in [3.63, 3.8) is 0 Å². The number of likely N-dealkylation sites (N-methyl/N-ethyl adjacent to an activating group) is 1. The third-order valence-electron chi connectivity index (χ3n) is 3.39.